The van der Waals surface area contributed by atoms with Gasteiger partial charge in [-0.05, 0) is 44.4 Å². The highest BCUT2D eigenvalue weighted by molar-refractivity contribution is 7.15. The molecule has 4 rings (SSSR count). The predicted molar refractivity (Wildman–Crippen MR) is 84.6 cm³/mol. The molecule has 0 bridgehead atoms. The molecule has 2 aliphatic carbocycles. The van der Waals surface area contributed by atoms with Crippen molar-refractivity contribution in [2.24, 2.45) is 5.92 Å². The Morgan fingerprint density at radius 3 is 2.80 bits per heavy atom. The van der Waals surface area contributed by atoms with Gasteiger partial charge in [0.05, 0.1) is 5.69 Å². The summed E-state index contributed by atoms with van der Waals surface area (Å²) in [7, 11) is 0. The van der Waals surface area contributed by atoms with Crippen molar-refractivity contribution in [3.8, 4) is 0 Å². The van der Waals surface area contributed by atoms with Crippen molar-refractivity contribution < 1.29 is 0 Å². The van der Waals surface area contributed by atoms with E-state index in [4.69, 9.17) is 4.98 Å². The van der Waals surface area contributed by atoms with E-state index in [1.165, 1.54) is 67.3 Å². The van der Waals surface area contributed by atoms with Crippen molar-refractivity contribution in [3.63, 3.8) is 0 Å². The number of anilines is 1. The molecule has 4 heteroatoms. The van der Waals surface area contributed by atoms with Crippen molar-refractivity contribution in [1.29, 1.82) is 0 Å². The fraction of sp³-hybridized carbons (Fsp3) is 0.812. The molecule has 1 aliphatic heterocycles. The Morgan fingerprint density at radius 2 is 2.10 bits per heavy atom. The number of nitrogens with zero attached hydrogens (tertiary/aromatic N) is 2. The minimum Gasteiger partial charge on any atom is -0.348 e. The van der Waals surface area contributed by atoms with Gasteiger partial charge in [-0.3, -0.25) is 0 Å². The fourth-order valence-electron chi connectivity index (χ4n) is 3.18. The van der Waals surface area contributed by atoms with Crippen molar-refractivity contribution >= 4 is 16.5 Å². The molecule has 3 nitrogen and oxygen atoms in total. The Kier molecular flexibility index (Phi) is 3.47. The van der Waals surface area contributed by atoms with Crippen molar-refractivity contribution in [2.75, 3.05) is 18.0 Å². The largest absolute Gasteiger partial charge is 0.348 e. The SMILES string of the molecule is CC1CCCN(c2nc(C3CC3)c(CNC3CC3)s2)C1. The molecule has 3 fully saturated rings. The fourth-order valence-corrected chi connectivity index (χ4v) is 4.31. The molecule has 0 spiro atoms. The first-order valence-corrected chi connectivity index (χ1v) is 9.09. The van der Waals surface area contributed by atoms with Gasteiger partial charge >= 0.3 is 0 Å². The highest BCUT2D eigenvalue weighted by Crippen LogP contribution is 2.44. The van der Waals surface area contributed by atoms with E-state index in [1.807, 2.05) is 11.3 Å². The first-order valence-electron chi connectivity index (χ1n) is 8.27. The van der Waals surface area contributed by atoms with Gasteiger partial charge in [0.1, 0.15) is 0 Å². The van der Waals surface area contributed by atoms with Crippen LogP contribution in [-0.4, -0.2) is 24.1 Å². The second kappa shape index (κ2) is 5.30. The van der Waals surface area contributed by atoms with Gasteiger partial charge in [-0.25, -0.2) is 4.98 Å². The zero-order chi connectivity index (χ0) is 13.5. The zero-order valence-electron chi connectivity index (χ0n) is 12.4. The average Bonchev–Trinajstić information content (AvgIpc) is 3.36. The lowest BCUT2D eigenvalue weighted by Crippen LogP contribution is -2.34. The van der Waals surface area contributed by atoms with Crippen LogP contribution < -0.4 is 10.2 Å². The molecule has 2 saturated carbocycles. The molecule has 3 aliphatic rings. The van der Waals surface area contributed by atoms with E-state index in [2.05, 4.69) is 17.1 Å². The van der Waals surface area contributed by atoms with Crippen molar-refractivity contribution in [1.82, 2.24) is 10.3 Å². The van der Waals surface area contributed by atoms with Gasteiger partial charge in [0.2, 0.25) is 0 Å². The van der Waals surface area contributed by atoms with Crippen LogP contribution in [-0.2, 0) is 6.54 Å². The first kappa shape index (κ1) is 13.1. The van der Waals surface area contributed by atoms with Gasteiger partial charge < -0.3 is 10.2 Å². The summed E-state index contributed by atoms with van der Waals surface area (Å²) in [5, 5.41) is 4.97. The molecule has 1 atom stereocenters. The number of nitrogens with one attached hydrogen (secondary N) is 1. The second-order valence-corrected chi connectivity index (χ2v) is 7.99. The Morgan fingerprint density at radius 1 is 1.25 bits per heavy atom. The van der Waals surface area contributed by atoms with Crippen LogP contribution in [0.1, 0.15) is 61.9 Å². The van der Waals surface area contributed by atoms with Gasteiger partial charge in [-0.2, -0.15) is 0 Å². The second-order valence-electron chi connectivity index (χ2n) is 6.93. The molecule has 1 aromatic rings. The van der Waals surface area contributed by atoms with Gasteiger partial charge in [0.15, 0.2) is 5.13 Å². The first-order chi connectivity index (χ1) is 9.79. The van der Waals surface area contributed by atoms with Crippen LogP contribution in [0.4, 0.5) is 5.13 Å². The Bertz CT molecular complexity index is 476. The van der Waals surface area contributed by atoms with Crippen LogP contribution in [0.5, 0.6) is 0 Å². The molecule has 2 heterocycles. The summed E-state index contributed by atoms with van der Waals surface area (Å²) in [5.41, 5.74) is 1.43. The topological polar surface area (TPSA) is 28.2 Å². The average molecular weight is 291 g/mol. The van der Waals surface area contributed by atoms with Gasteiger partial charge in [0, 0.05) is 36.5 Å². The van der Waals surface area contributed by atoms with E-state index < -0.39 is 0 Å². The summed E-state index contributed by atoms with van der Waals surface area (Å²) in [4.78, 5) is 9.09. The lowest BCUT2D eigenvalue weighted by Gasteiger charge is -2.30. The van der Waals surface area contributed by atoms with Crippen molar-refractivity contribution in [3.05, 3.63) is 10.6 Å². The molecular weight excluding hydrogens is 266 g/mol. The Labute approximate surface area is 125 Å². The number of piperidine rings is 1. The highest BCUT2D eigenvalue weighted by atomic mass is 32.1. The van der Waals surface area contributed by atoms with Crippen LogP contribution in [0.3, 0.4) is 0 Å². The summed E-state index contributed by atoms with van der Waals surface area (Å²) < 4.78 is 0. The number of aromatic nitrogens is 1. The van der Waals surface area contributed by atoms with E-state index >= 15 is 0 Å². The maximum absolute atomic E-state index is 5.03. The smallest absolute Gasteiger partial charge is 0.185 e. The van der Waals surface area contributed by atoms with Gasteiger partial charge in [-0.1, -0.05) is 6.92 Å². The molecule has 110 valence electrons. The molecule has 1 unspecified atom stereocenters. The third-order valence-electron chi connectivity index (χ3n) is 4.74. The standard InChI is InChI=1S/C16H25N3S/c1-11-3-2-8-19(10-11)16-18-15(12-4-5-12)14(20-16)9-17-13-6-7-13/h11-13,17H,2-10H2,1H3. The summed E-state index contributed by atoms with van der Waals surface area (Å²) in [6.45, 7) is 5.83. The summed E-state index contributed by atoms with van der Waals surface area (Å²) >= 11 is 1.96. The minimum atomic E-state index is 0.776. The lowest BCUT2D eigenvalue weighted by atomic mass is 10.0. The summed E-state index contributed by atoms with van der Waals surface area (Å²) in [6.07, 6.45) is 8.16. The van der Waals surface area contributed by atoms with Crippen LogP contribution in [0.25, 0.3) is 0 Å². The van der Waals surface area contributed by atoms with E-state index in [0.29, 0.717) is 0 Å². The minimum absolute atomic E-state index is 0.776. The van der Waals surface area contributed by atoms with Crippen LogP contribution in [0, 0.1) is 5.92 Å². The Balaban J connectivity index is 1.51. The summed E-state index contributed by atoms with van der Waals surface area (Å²) in [5.74, 6) is 1.60. The predicted octanol–water partition coefficient (Wildman–Crippen LogP) is 3.51. The highest BCUT2D eigenvalue weighted by Gasteiger charge is 2.31. The van der Waals surface area contributed by atoms with Crippen molar-refractivity contribution in [2.45, 2.75) is 64.0 Å². The lowest BCUT2D eigenvalue weighted by molar-refractivity contribution is 0.446. The van der Waals surface area contributed by atoms with Gasteiger partial charge in [-0.15, -0.1) is 11.3 Å². The molecule has 0 amide bonds. The quantitative estimate of drug-likeness (QED) is 0.900. The van der Waals surface area contributed by atoms with E-state index in [9.17, 15) is 0 Å². The van der Waals surface area contributed by atoms with Crippen LogP contribution >= 0.6 is 11.3 Å². The third-order valence-corrected chi connectivity index (χ3v) is 5.87. The van der Waals surface area contributed by atoms with E-state index in [-0.39, 0.29) is 0 Å². The van der Waals surface area contributed by atoms with E-state index in [1.54, 1.807) is 0 Å². The number of thiazole rings is 1. The Hall–Kier alpha value is -0.610. The van der Waals surface area contributed by atoms with E-state index in [0.717, 1.165) is 24.4 Å². The molecule has 20 heavy (non-hydrogen) atoms. The normalized spacial score (nSPS) is 27.1. The zero-order valence-corrected chi connectivity index (χ0v) is 13.2. The maximum Gasteiger partial charge on any atom is 0.185 e. The molecule has 1 N–H and O–H groups in total. The monoisotopic (exact) mass is 291 g/mol. The number of hydrogen-bond donors (Lipinski definition) is 1. The summed E-state index contributed by atoms with van der Waals surface area (Å²) in [6, 6.07) is 0.794. The maximum atomic E-state index is 5.03. The molecule has 1 aromatic heterocycles. The number of rotatable bonds is 5. The van der Waals surface area contributed by atoms with Crippen LogP contribution in [0.15, 0.2) is 0 Å². The molecule has 0 radical (unpaired) electrons. The molecule has 0 aromatic carbocycles. The molecule has 1 saturated heterocycles. The third kappa shape index (κ3) is 2.86. The number of hydrogen-bond acceptors (Lipinski definition) is 4. The van der Waals surface area contributed by atoms with Gasteiger partial charge in [0.25, 0.3) is 0 Å². The van der Waals surface area contributed by atoms with Crippen LogP contribution in [0.2, 0.25) is 0 Å². The molecular formula is C16H25N3S.